The molecule has 1 saturated heterocycles. The number of carbonyl (C=O) groups is 1. The van der Waals surface area contributed by atoms with Crippen LogP contribution in [0.3, 0.4) is 0 Å². The molecule has 0 unspecified atom stereocenters. The molecule has 0 spiro atoms. The normalized spacial score (nSPS) is 22.2. The van der Waals surface area contributed by atoms with E-state index < -0.39 is 0 Å². The molecule has 0 bridgehead atoms. The lowest BCUT2D eigenvalue weighted by molar-refractivity contribution is -0.141. The minimum absolute atomic E-state index is 0.0304. The molecule has 0 aromatic rings. The van der Waals surface area contributed by atoms with Crippen LogP contribution in [0.5, 0.6) is 0 Å². The minimum atomic E-state index is -0.0304. The molecule has 0 aliphatic carbocycles. The lowest BCUT2D eigenvalue weighted by Gasteiger charge is -2.06. The van der Waals surface area contributed by atoms with Gasteiger partial charge >= 0.3 is 5.97 Å². The van der Waals surface area contributed by atoms with Crippen LogP contribution in [-0.4, -0.2) is 12.1 Å². The van der Waals surface area contributed by atoms with Crippen LogP contribution in [0.15, 0.2) is 11.6 Å². The molecule has 2 nitrogen and oxygen atoms in total. The van der Waals surface area contributed by atoms with E-state index in [1.807, 2.05) is 0 Å². The first-order valence-corrected chi connectivity index (χ1v) is 4.51. The molecule has 0 N–H and O–H groups in total. The Morgan fingerprint density at radius 3 is 2.92 bits per heavy atom. The molecule has 1 heterocycles. The molecule has 12 heavy (non-hydrogen) atoms. The van der Waals surface area contributed by atoms with E-state index in [1.165, 1.54) is 5.57 Å². The van der Waals surface area contributed by atoms with Gasteiger partial charge in [0.05, 0.1) is 0 Å². The summed E-state index contributed by atoms with van der Waals surface area (Å²) in [4.78, 5) is 10.7. The van der Waals surface area contributed by atoms with E-state index in [0.29, 0.717) is 6.42 Å². The van der Waals surface area contributed by atoms with E-state index in [9.17, 15) is 4.79 Å². The number of hydrogen-bond donors (Lipinski definition) is 0. The Kier molecular flexibility index (Phi) is 3.32. The summed E-state index contributed by atoms with van der Waals surface area (Å²) in [5.74, 6) is -0.0304. The molecule has 1 aliphatic rings. The van der Waals surface area contributed by atoms with E-state index in [2.05, 4.69) is 19.9 Å². The second-order valence-corrected chi connectivity index (χ2v) is 3.51. The van der Waals surface area contributed by atoms with E-state index in [0.717, 1.165) is 19.3 Å². The Labute approximate surface area is 73.6 Å². The molecule has 1 atom stereocenters. The van der Waals surface area contributed by atoms with Crippen LogP contribution in [0.1, 0.15) is 39.5 Å². The molecular weight excluding hydrogens is 152 g/mol. The van der Waals surface area contributed by atoms with Crippen molar-refractivity contribution in [3.8, 4) is 0 Å². The Morgan fingerprint density at radius 1 is 1.67 bits per heavy atom. The number of rotatable bonds is 3. The van der Waals surface area contributed by atoms with Crippen LogP contribution in [0.4, 0.5) is 0 Å². The standard InChI is InChI=1S/C10H16O2/c1-8(2)4-3-5-9-6-7-10(11)12-9/h4,9H,3,5-7H2,1-2H3/t9-/m0/s1. The number of esters is 1. The zero-order valence-electron chi connectivity index (χ0n) is 7.80. The van der Waals surface area contributed by atoms with Crippen LogP contribution in [0.2, 0.25) is 0 Å². The summed E-state index contributed by atoms with van der Waals surface area (Å²) in [6.07, 6.45) is 5.91. The first-order valence-electron chi connectivity index (χ1n) is 4.51. The van der Waals surface area contributed by atoms with E-state index >= 15 is 0 Å². The van der Waals surface area contributed by atoms with Crippen LogP contribution in [0.25, 0.3) is 0 Å². The molecule has 1 fully saturated rings. The fourth-order valence-corrected chi connectivity index (χ4v) is 1.34. The van der Waals surface area contributed by atoms with Crippen LogP contribution < -0.4 is 0 Å². The third-order valence-corrected chi connectivity index (χ3v) is 2.01. The van der Waals surface area contributed by atoms with Gasteiger partial charge in [0.2, 0.25) is 0 Å². The SMILES string of the molecule is CC(C)=CCC[C@H]1CCC(=O)O1. The highest BCUT2D eigenvalue weighted by Crippen LogP contribution is 2.18. The molecule has 0 aromatic heterocycles. The Morgan fingerprint density at radius 2 is 2.42 bits per heavy atom. The van der Waals surface area contributed by atoms with Crippen molar-refractivity contribution < 1.29 is 9.53 Å². The van der Waals surface area contributed by atoms with Gasteiger partial charge < -0.3 is 4.74 Å². The van der Waals surface area contributed by atoms with Crippen molar-refractivity contribution in [3.05, 3.63) is 11.6 Å². The number of ether oxygens (including phenoxy) is 1. The van der Waals surface area contributed by atoms with Gasteiger partial charge in [-0.25, -0.2) is 0 Å². The fraction of sp³-hybridized carbons (Fsp3) is 0.700. The lowest BCUT2D eigenvalue weighted by Crippen LogP contribution is -2.05. The summed E-state index contributed by atoms with van der Waals surface area (Å²) in [6, 6.07) is 0. The average molecular weight is 168 g/mol. The Bertz CT molecular complexity index is 190. The van der Waals surface area contributed by atoms with Gasteiger partial charge in [-0.1, -0.05) is 11.6 Å². The van der Waals surface area contributed by atoms with Crippen molar-refractivity contribution in [2.75, 3.05) is 0 Å². The maximum absolute atomic E-state index is 10.7. The first kappa shape index (κ1) is 9.30. The molecule has 0 amide bonds. The predicted molar refractivity (Wildman–Crippen MR) is 47.8 cm³/mol. The minimum Gasteiger partial charge on any atom is -0.462 e. The molecule has 1 aliphatic heterocycles. The van der Waals surface area contributed by atoms with Gasteiger partial charge in [-0.2, -0.15) is 0 Å². The summed E-state index contributed by atoms with van der Waals surface area (Å²) in [5, 5.41) is 0. The number of hydrogen-bond acceptors (Lipinski definition) is 2. The highest BCUT2D eigenvalue weighted by Gasteiger charge is 2.21. The van der Waals surface area contributed by atoms with Gasteiger partial charge in [0.1, 0.15) is 6.10 Å². The molecule has 68 valence electrons. The molecule has 0 radical (unpaired) electrons. The van der Waals surface area contributed by atoms with Crippen molar-refractivity contribution in [1.82, 2.24) is 0 Å². The van der Waals surface area contributed by atoms with E-state index in [-0.39, 0.29) is 12.1 Å². The van der Waals surface area contributed by atoms with E-state index in [1.54, 1.807) is 0 Å². The maximum Gasteiger partial charge on any atom is 0.306 e. The summed E-state index contributed by atoms with van der Waals surface area (Å²) in [5.41, 5.74) is 1.33. The zero-order valence-corrected chi connectivity index (χ0v) is 7.80. The predicted octanol–water partition coefficient (Wildman–Crippen LogP) is 2.44. The Hall–Kier alpha value is -0.790. The summed E-state index contributed by atoms with van der Waals surface area (Å²) in [6.45, 7) is 4.17. The van der Waals surface area contributed by atoms with Gasteiger partial charge in [-0.3, -0.25) is 4.79 Å². The van der Waals surface area contributed by atoms with Gasteiger partial charge in [-0.15, -0.1) is 0 Å². The van der Waals surface area contributed by atoms with Crippen molar-refractivity contribution >= 4 is 5.97 Å². The summed E-state index contributed by atoms with van der Waals surface area (Å²) in [7, 11) is 0. The van der Waals surface area contributed by atoms with Gasteiger partial charge in [-0.05, 0) is 33.1 Å². The molecule has 2 heteroatoms. The molecule has 0 saturated carbocycles. The molecule has 0 aromatic carbocycles. The van der Waals surface area contributed by atoms with Gasteiger partial charge in [0.15, 0.2) is 0 Å². The zero-order chi connectivity index (χ0) is 8.97. The number of allylic oxidation sites excluding steroid dienone is 2. The highest BCUT2D eigenvalue weighted by molar-refractivity contribution is 5.71. The van der Waals surface area contributed by atoms with Gasteiger partial charge in [0.25, 0.3) is 0 Å². The third kappa shape index (κ3) is 3.07. The van der Waals surface area contributed by atoms with Crippen LogP contribution >= 0.6 is 0 Å². The summed E-state index contributed by atoms with van der Waals surface area (Å²) >= 11 is 0. The molecule has 1 rings (SSSR count). The highest BCUT2D eigenvalue weighted by atomic mass is 16.5. The number of carbonyl (C=O) groups excluding carboxylic acids is 1. The maximum atomic E-state index is 10.7. The largest absolute Gasteiger partial charge is 0.462 e. The van der Waals surface area contributed by atoms with Crippen molar-refractivity contribution in [1.29, 1.82) is 0 Å². The molecular formula is C10H16O2. The van der Waals surface area contributed by atoms with Gasteiger partial charge in [0, 0.05) is 6.42 Å². The Balaban J connectivity index is 2.16. The topological polar surface area (TPSA) is 26.3 Å². The van der Waals surface area contributed by atoms with Crippen molar-refractivity contribution in [2.24, 2.45) is 0 Å². The van der Waals surface area contributed by atoms with Crippen molar-refractivity contribution in [3.63, 3.8) is 0 Å². The van der Waals surface area contributed by atoms with Crippen LogP contribution in [-0.2, 0) is 9.53 Å². The second-order valence-electron chi connectivity index (χ2n) is 3.51. The van der Waals surface area contributed by atoms with Crippen molar-refractivity contribution in [2.45, 2.75) is 45.6 Å². The monoisotopic (exact) mass is 168 g/mol. The van der Waals surface area contributed by atoms with Crippen LogP contribution in [0, 0.1) is 0 Å². The lowest BCUT2D eigenvalue weighted by atomic mass is 10.1. The first-order chi connectivity index (χ1) is 5.68. The number of cyclic esters (lactones) is 1. The van der Waals surface area contributed by atoms with E-state index in [4.69, 9.17) is 4.74 Å². The quantitative estimate of drug-likeness (QED) is 0.478. The third-order valence-electron chi connectivity index (χ3n) is 2.01. The fourth-order valence-electron chi connectivity index (χ4n) is 1.34. The average Bonchev–Trinajstić information content (AvgIpc) is 2.35. The second kappa shape index (κ2) is 4.29. The smallest absolute Gasteiger partial charge is 0.306 e. The summed E-state index contributed by atoms with van der Waals surface area (Å²) < 4.78 is 5.07.